The number of para-hydroxylation sites is 1. The van der Waals surface area contributed by atoms with E-state index >= 15 is 0 Å². The van der Waals surface area contributed by atoms with Crippen molar-refractivity contribution in [1.82, 2.24) is 4.98 Å². The Morgan fingerprint density at radius 2 is 1.94 bits per heavy atom. The number of thiazole rings is 1. The lowest BCUT2D eigenvalue weighted by Gasteiger charge is -2.30. The number of aryl methyl sites for hydroxylation is 1. The van der Waals surface area contributed by atoms with Crippen LogP contribution in [0.4, 0.5) is 10.8 Å². The van der Waals surface area contributed by atoms with Crippen LogP contribution in [-0.2, 0) is 11.3 Å². The number of aromatic nitrogens is 1. The van der Waals surface area contributed by atoms with Crippen LogP contribution in [0.25, 0.3) is 10.2 Å². The summed E-state index contributed by atoms with van der Waals surface area (Å²) in [5, 5.41) is 3.40. The molecule has 154 valence electrons. The first kappa shape index (κ1) is 19.3. The molecular formula is C24H19N3O3S. The van der Waals surface area contributed by atoms with E-state index in [9.17, 15) is 9.59 Å². The molecule has 31 heavy (non-hydrogen) atoms. The number of nitrogens with zero attached hydrogens (tertiary/aromatic N) is 2. The molecule has 0 spiro atoms. The lowest BCUT2D eigenvalue weighted by Crippen LogP contribution is -2.38. The SMILES string of the molecule is Cc1ccc(CN2C(=O)COc3ccc(C(=O)Nc4nc5ccccc5s4)cc32)cc1. The standard InChI is InChI=1S/C24H19N3O3S/c1-15-6-8-16(9-7-15)13-27-19-12-17(10-11-20(19)30-14-22(27)28)23(29)26-24-25-18-4-2-3-5-21(18)31-24/h2-12H,13-14H2,1H3,(H,25,26,29). The van der Waals surface area contributed by atoms with Gasteiger partial charge in [-0.3, -0.25) is 14.9 Å². The summed E-state index contributed by atoms with van der Waals surface area (Å²) in [6.45, 7) is 2.42. The number of hydrogen-bond acceptors (Lipinski definition) is 5. The predicted molar refractivity (Wildman–Crippen MR) is 122 cm³/mol. The first-order valence-corrected chi connectivity index (χ1v) is 10.7. The number of carbonyl (C=O) groups excluding carboxylic acids is 2. The third-order valence-corrected chi connectivity index (χ3v) is 6.09. The maximum absolute atomic E-state index is 12.9. The van der Waals surface area contributed by atoms with E-state index in [1.807, 2.05) is 55.5 Å². The van der Waals surface area contributed by atoms with Gasteiger partial charge in [0.05, 0.1) is 22.4 Å². The van der Waals surface area contributed by atoms with Crippen LogP contribution in [0.3, 0.4) is 0 Å². The number of amides is 2. The monoisotopic (exact) mass is 429 g/mol. The summed E-state index contributed by atoms with van der Waals surface area (Å²) in [6, 6.07) is 20.9. The van der Waals surface area contributed by atoms with E-state index in [0.29, 0.717) is 28.7 Å². The maximum atomic E-state index is 12.9. The molecule has 0 aliphatic carbocycles. The molecule has 0 unspecified atom stereocenters. The lowest BCUT2D eigenvalue weighted by molar-refractivity contribution is -0.121. The van der Waals surface area contributed by atoms with Crippen molar-refractivity contribution in [2.75, 3.05) is 16.8 Å². The minimum absolute atomic E-state index is 0.0177. The summed E-state index contributed by atoms with van der Waals surface area (Å²) in [7, 11) is 0. The zero-order valence-electron chi connectivity index (χ0n) is 16.8. The van der Waals surface area contributed by atoms with Crippen molar-refractivity contribution in [1.29, 1.82) is 0 Å². The minimum atomic E-state index is -0.282. The number of fused-ring (bicyclic) bond motifs is 2. The number of benzene rings is 3. The van der Waals surface area contributed by atoms with Gasteiger partial charge in [-0.1, -0.05) is 53.3 Å². The highest BCUT2D eigenvalue weighted by molar-refractivity contribution is 7.22. The van der Waals surface area contributed by atoms with E-state index in [-0.39, 0.29) is 18.4 Å². The van der Waals surface area contributed by atoms with Crippen molar-refractivity contribution in [2.24, 2.45) is 0 Å². The van der Waals surface area contributed by atoms with E-state index in [1.54, 1.807) is 23.1 Å². The third-order valence-electron chi connectivity index (χ3n) is 5.14. The fraction of sp³-hybridized carbons (Fsp3) is 0.125. The summed E-state index contributed by atoms with van der Waals surface area (Å²) < 4.78 is 6.59. The Hall–Kier alpha value is -3.71. The number of nitrogens with one attached hydrogen (secondary N) is 1. The van der Waals surface area contributed by atoms with Gasteiger partial charge in [0.2, 0.25) is 0 Å². The predicted octanol–water partition coefficient (Wildman–Crippen LogP) is 4.78. The van der Waals surface area contributed by atoms with Gasteiger partial charge in [0.25, 0.3) is 11.8 Å². The molecule has 1 aromatic heterocycles. The van der Waals surface area contributed by atoms with Crippen molar-refractivity contribution in [3.8, 4) is 5.75 Å². The average molecular weight is 430 g/mol. The molecule has 0 saturated heterocycles. The molecule has 0 bridgehead atoms. The average Bonchev–Trinajstić information content (AvgIpc) is 3.19. The second kappa shape index (κ2) is 7.85. The Bertz CT molecular complexity index is 1260. The Labute approximate surface area is 183 Å². The second-order valence-corrected chi connectivity index (χ2v) is 8.41. The van der Waals surface area contributed by atoms with E-state index in [2.05, 4.69) is 10.3 Å². The van der Waals surface area contributed by atoms with Gasteiger partial charge in [-0.15, -0.1) is 0 Å². The third kappa shape index (κ3) is 3.87. The number of carbonyl (C=O) groups is 2. The van der Waals surface area contributed by atoms with Gasteiger partial charge in [-0.05, 0) is 42.8 Å². The van der Waals surface area contributed by atoms with Crippen molar-refractivity contribution >= 4 is 44.2 Å². The number of anilines is 2. The molecule has 2 heterocycles. The largest absolute Gasteiger partial charge is 0.482 e. The quantitative estimate of drug-likeness (QED) is 0.507. The Morgan fingerprint density at radius 3 is 2.74 bits per heavy atom. The van der Waals surface area contributed by atoms with E-state index in [0.717, 1.165) is 21.3 Å². The number of rotatable bonds is 4. The van der Waals surface area contributed by atoms with Crippen molar-refractivity contribution in [3.05, 3.63) is 83.4 Å². The van der Waals surface area contributed by atoms with Crippen LogP contribution in [0.2, 0.25) is 0 Å². The molecule has 5 rings (SSSR count). The van der Waals surface area contributed by atoms with Crippen LogP contribution in [0, 0.1) is 6.92 Å². The van der Waals surface area contributed by atoms with Crippen molar-refractivity contribution in [3.63, 3.8) is 0 Å². The van der Waals surface area contributed by atoms with E-state index in [4.69, 9.17) is 4.74 Å². The van der Waals surface area contributed by atoms with Crippen LogP contribution >= 0.6 is 11.3 Å². The highest BCUT2D eigenvalue weighted by atomic mass is 32.1. The summed E-state index contributed by atoms with van der Waals surface area (Å²) in [5.74, 6) is 0.162. The Balaban J connectivity index is 1.42. The van der Waals surface area contributed by atoms with Gasteiger partial charge in [0, 0.05) is 5.56 Å². The minimum Gasteiger partial charge on any atom is -0.482 e. The van der Waals surface area contributed by atoms with Crippen LogP contribution in [0.15, 0.2) is 66.7 Å². The highest BCUT2D eigenvalue weighted by Crippen LogP contribution is 2.34. The van der Waals surface area contributed by atoms with Crippen LogP contribution in [0.1, 0.15) is 21.5 Å². The number of ether oxygens (including phenoxy) is 1. The maximum Gasteiger partial charge on any atom is 0.265 e. The van der Waals surface area contributed by atoms with E-state index < -0.39 is 0 Å². The van der Waals surface area contributed by atoms with Crippen LogP contribution in [-0.4, -0.2) is 23.4 Å². The first-order chi connectivity index (χ1) is 15.1. The summed E-state index contributed by atoms with van der Waals surface area (Å²) in [6.07, 6.45) is 0. The molecule has 1 aliphatic heterocycles. The van der Waals surface area contributed by atoms with E-state index in [1.165, 1.54) is 11.3 Å². The van der Waals surface area contributed by atoms with Crippen LogP contribution in [0.5, 0.6) is 5.75 Å². The molecular weight excluding hydrogens is 410 g/mol. The van der Waals surface area contributed by atoms with Crippen LogP contribution < -0.4 is 15.0 Å². The molecule has 6 nitrogen and oxygen atoms in total. The highest BCUT2D eigenvalue weighted by Gasteiger charge is 2.27. The molecule has 1 aliphatic rings. The molecule has 0 atom stereocenters. The number of hydrogen-bond donors (Lipinski definition) is 1. The summed E-state index contributed by atoms with van der Waals surface area (Å²) >= 11 is 1.42. The smallest absolute Gasteiger partial charge is 0.265 e. The van der Waals surface area contributed by atoms with Gasteiger partial charge in [0.15, 0.2) is 11.7 Å². The fourth-order valence-electron chi connectivity index (χ4n) is 3.49. The summed E-state index contributed by atoms with van der Waals surface area (Å²) in [4.78, 5) is 31.6. The zero-order chi connectivity index (χ0) is 21.4. The molecule has 0 fully saturated rings. The summed E-state index contributed by atoms with van der Waals surface area (Å²) in [5.41, 5.74) is 4.04. The fourth-order valence-corrected chi connectivity index (χ4v) is 4.35. The molecule has 1 N–H and O–H groups in total. The molecule has 3 aromatic carbocycles. The molecule has 4 aromatic rings. The van der Waals surface area contributed by atoms with Gasteiger partial charge in [-0.25, -0.2) is 4.98 Å². The van der Waals surface area contributed by atoms with Gasteiger partial charge < -0.3 is 9.64 Å². The van der Waals surface area contributed by atoms with Gasteiger partial charge in [0.1, 0.15) is 5.75 Å². The Morgan fingerprint density at radius 1 is 1.13 bits per heavy atom. The van der Waals surface area contributed by atoms with Crippen molar-refractivity contribution < 1.29 is 14.3 Å². The molecule has 2 amide bonds. The van der Waals surface area contributed by atoms with Crippen molar-refractivity contribution in [2.45, 2.75) is 13.5 Å². The second-order valence-electron chi connectivity index (χ2n) is 7.38. The van der Waals surface area contributed by atoms with Gasteiger partial charge in [-0.2, -0.15) is 0 Å². The van der Waals surface area contributed by atoms with Gasteiger partial charge >= 0.3 is 0 Å². The lowest BCUT2D eigenvalue weighted by atomic mass is 10.1. The zero-order valence-corrected chi connectivity index (χ0v) is 17.6. The normalized spacial score (nSPS) is 13.1. The molecule has 7 heteroatoms. The first-order valence-electron chi connectivity index (χ1n) is 9.86. The molecule has 0 radical (unpaired) electrons. The topological polar surface area (TPSA) is 71.5 Å². The Kier molecular flexibility index (Phi) is 4.88. The molecule has 0 saturated carbocycles.